The van der Waals surface area contributed by atoms with Crippen LogP contribution >= 0.6 is 11.8 Å². The van der Waals surface area contributed by atoms with E-state index in [1.165, 1.54) is 39.0 Å². The molecule has 88 valence electrons. The molecule has 2 aliphatic rings. The van der Waals surface area contributed by atoms with E-state index < -0.39 is 0 Å². The second-order valence-electron chi connectivity index (χ2n) is 5.43. The van der Waals surface area contributed by atoms with Crippen molar-refractivity contribution in [2.75, 3.05) is 32.4 Å². The number of nitrogens with one attached hydrogen (secondary N) is 1. The second kappa shape index (κ2) is 4.64. The van der Waals surface area contributed by atoms with Gasteiger partial charge in [-0.3, -0.25) is 4.90 Å². The van der Waals surface area contributed by atoms with Crippen LogP contribution in [0.25, 0.3) is 0 Å². The van der Waals surface area contributed by atoms with E-state index in [1.807, 2.05) is 0 Å². The molecule has 0 aromatic carbocycles. The summed E-state index contributed by atoms with van der Waals surface area (Å²) in [6, 6.07) is 0.705. The minimum absolute atomic E-state index is 0.638. The first-order valence-corrected chi connectivity index (χ1v) is 7.38. The normalized spacial score (nSPS) is 30.8. The molecule has 0 bridgehead atoms. The predicted octanol–water partition coefficient (Wildman–Crippen LogP) is 1.81. The molecule has 1 atom stereocenters. The molecule has 0 radical (unpaired) electrons. The van der Waals surface area contributed by atoms with Crippen molar-refractivity contribution in [3.63, 3.8) is 0 Å². The fourth-order valence-corrected chi connectivity index (χ4v) is 3.23. The molecule has 1 aliphatic heterocycles. The van der Waals surface area contributed by atoms with Gasteiger partial charge in [0.2, 0.25) is 0 Å². The summed E-state index contributed by atoms with van der Waals surface area (Å²) in [4.78, 5) is 2.67. The van der Waals surface area contributed by atoms with E-state index in [0.717, 1.165) is 5.92 Å². The molecule has 1 saturated carbocycles. The summed E-state index contributed by atoms with van der Waals surface area (Å²) in [6.45, 7) is 9.63. The zero-order valence-corrected chi connectivity index (χ0v) is 11.1. The van der Waals surface area contributed by atoms with Crippen LogP contribution in [0.3, 0.4) is 0 Å². The van der Waals surface area contributed by atoms with Crippen LogP contribution in [-0.2, 0) is 0 Å². The van der Waals surface area contributed by atoms with Crippen LogP contribution in [0.2, 0.25) is 0 Å². The Morgan fingerprint density at radius 2 is 2.20 bits per heavy atom. The third-order valence-electron chi connectivity index (χ3n) is 3.85. The molecule has 0 aromatic rings. The number of hydrogen-bond donors (Lipinski definition) is 1. The standard InChI is InChI=1S/C12H24N2S/c1-10(2)11-8-14(7-6-13-11)9-12(15-3)4-5-12/h10-11,13H,4-9H2,1-3H3. The molecule has 3 heteroatoms. The number of thioether (sulfide) groups is 1. The highest BCUT2D eigenvalue weighted by molar-refractivity contribution is 8.00. The SMILES string of the molecule is CSC1(CN2CCNC(C(C)C)C2)CC1. The molecular weight excluding hydrogens is 204 g/mol. The number of hydrogen-bond acceptors (Lipinski definition) is 3. The summed E-state index contributed by atoms with van der Waals surface area (Å²) in [5.74, 6) is 0.761. The van der Waals surface area contributed by atoms with E-state index >= 15 is 0 Å². The fraction of sp³-hybridized carbons (Fsp3) is 1.00. The Morgan fingerprint density at radius 3 is 2.73 bits per heavy atom. The van der Waals surface area contributed by atoms with Gasteiger partial charge in [0.15, 0.2) is 0 Å². The lowest BCUT2D eigenvalue weighted by Crippen LogP contribution is -2.54. The van der Waals surface area contributed by atoms with Gasteiger partial charge >= 0.3 is 0 Å². The Kier molecular flexibility index (Phi) is 3.63. The zero-order chi connectivity index (χ0) is 10.9. The minimum Gasteiger partial charge on any atom is -0.311 e. The van der Waals surface area contributed by atoms with Crippen molar-refractivity contribution >= 4 is 11.8 Å². The van der Waals surface area contributed by atoms with E-state index in [0.29, 0.717) is 10.8 Å². The molecule has 0 amide bonds. The van der Waals surface area contributed by atoms with Crippen LogP contribution in [0, 0.1) is 5.92 Å². The van der Waals surface area contributed by atoms with E-state index in [1.54, 1.807) is 0 Å². The highest BCUT2D eigenvalue weighted by Gasteiger charge is 2.43. The largest absolute Gasteiger partial charge is 0.311 e. The highest BCUT2D eigenvalue weighted by atomic mass is 32.2. The first-order chi connectivity index (χ1) is 7.15. The van der Waals surface area contributed by atoms with Crippen LogP contribution in [-0.4, -0.2) is 48.1 Å². The molecule has 15 heavy (non-hydrogen) atoms. The van der Waals surface area contributed by atoms with Gasteiger partial charge in [0.05, 0.1) is 0 Å². The van der Waals surface area contributed by atoms with Crippen molar-refractivity contribution in [3.05, 3.63) is 0 Å². The van der Waals surface area contributed by atoms with Gasteiger partial charge in [0, 0.05) is 37.0 Å². The Hall–Kier alpha value is 0.270. The third-order valence-corrected chi connectivity index (χ3v) is 5.25. The van der Waals surface area contributed by atoms with Crippen LogP contribution < -0.4 is 5.32 Å². The number of piperazine rings is 1. The summed E-state index contributed by atoms with van der Waals surface area (Å²) >= 11 is 2.08. The Balaban J connectivity index is 1.82. The van der Waals surface area contributed by atoms with Crippen molar-refractivity contribution in [1.82, 2.24) is 10.2 Å². The summed E-state index contributed by atoms with van der Waals surface area (Å²) in [7, 11) is 0. The number of nitrogens with zero attached hydrogens (tertiary/aromatic N) is 1. The zero-order valence-electron chi connectivity index (χ0n) is 10.3. The monoisotopic (exact) mass is 228 g/mol. The molecule has 1 heterocycles. The molecule has 0 spiro atoms. The van der Waals surface area contributed by atoms with Crippen LogP contribution in [0.15, 0.2) is 0 Å². The quantitative estimate of drug-likeness (QED) is 0.790. The first kappa shape index (κ1) is 11.7. The average molecular weight is 228 g/mol. The first-order valence-electron chi connectivity index (χ1n) is 6.16. The summed E-state index contributed by atoms with van der Waals surface area (Å²) in [6.07, 6.45) is 5.14. The number of rotatable bonds is 4. The smallest absolute Gasteiger partial charge is 0.0285 e. The van der Waals surface area contributed by atoms with E-state index in [-0.39, 0.29) is 0 Å². The van der Waals surface area contributed by atoms with Crippen molar-refractivity contribution in [2.45, 2.75) is 37.5 Å². The van der Waals surface area contributed by atoms with Crippen molar-refractivity contribution < 1.29 is 0 Å². The van der Waals surface area contributed by atoms with Gasteiger partial charge < -0.3 is 5.32 Å². The molecule has 0 aromatic heterocycles. The van der Waals surface area contributed by atoms with Gasteiger partial charge in [-0.05, 0) is 25.0 Å². The van der Waals surface area contributed by atoms with Crippen LogP contribution in [0.1, 0.15) is 26.7 Å². The van der Waals surface area contributed by atoms with Crippen LogP contribution in [0.5, 0.6) is 0 Å². The van der Waals surface area contributed by atoms with Gasteiger partial charge in [-0.15, -0.1) is 0 Å². The average Bonchev–Trinajstić information content (AvgIpc) is 2.99. The van der Waals surface area contributed by atoms with Crippen molar-refractivity contribution in [1.29, 1.82) is 0 Å². The van der Waals surface area contributed by atoms with E-state index in [9.17, 15) is 0 Å². The second-order valence-corrected chi connectivity index (χ2v) is 6.70. The van der Waals surface area contributed by atoms with Crippen LogP contribution in [0.4, 0.5) is 0 Å². The predicted molar refractivity (Wildman–Crippen MR) is 68.5 cm³/mol. The molecule has 1 aliphatic carbocycles. The molecule has 1 saturated heterocycles. The minimum atomic E-state index is 0.638. The topological polar surface area (TPSA) is 15.3 Å². The summed E-state index contributed by atoms with van der Waals surface area (Å²) < 4.78 is 0.638. The third kappa shape index (κ3) is 2.89. The lowest BCUT2D eigenvalue weighted by molar-refractivity contribution is 0.173. The maximum atomic E-state index is 3.62. The Morgan fingerprint density at radius 1 is 1.47 bits per heavy atom. The lowest BCUT2D eigenvalue weighted by Gasteiger charge is -2.37. The maximum absolute atomic E-state index is 3.62. The molecule has 1 N–H and O–H groups in total. The van der Waals surface area contributed by atoms with Crippen molar-refractivity contribution in [2.24, 2.45) is 5.92 Å². The van der Waals surface area contributed by atoms with E-state index in [4.69, 9.17) is 0 Å². The fourth-order valence-electron chi connectivity index (χ4n) is 2.41. The van der Waals surface area contributed by atoms with Gasteiger partial charge in [0.1, 0.15) is 0 Å². The van der Waals surface area contributed by atoms with Gasteiger partial charge in [-0.1, -0.05) is 13.8 Å². The van der Waals surface area contributed by atoms with Gasteiger partial charge in [-0.25, -0.2) is 0 Å². The molecular formula is C12H24N2S. The van der Waals surface area contributed by atoms with Gasteiger partial charge in [-0.2, -0.15) is 11.8 Å². The molecule has 2 fully saturated rings. The van der Waals surface area contributed by atoms with Crippen molar-refractivity contribution in [3.8, 4) is 0 Å². The Bertz CT molecular complexity index is 214. The Labute approximate surface area is 98.2 Å². The summed E-state index contributed by atoms with van der Waals surface area (Å²) in [5, 5.41) is 3.62. The lowest BCUT2D eigenvalue weighted by atomic mass is 10.0. The molecule has 2 rings (SSSR count). The maximum Gasteiger partial charge on any atom is 0.0285 e. The van der Waals surface area contributed by atoms with Gasteiger partial charge in [0.25, 0.3) is 0 Å². The molecule has 1 unspecified atom stereocenters. The highest BCUT2D eigenvalue weighted by Crippen LogP contribution is 2.47. The van der Waals surface area contributed by atoms with E-state index in [2.05, 4.69) is 42.1 Å². The summed E-state index contributed by atoms with van der Waals surface area (Å²) in [5.41, 5.74) is 0. The molecule has 2 nitrogen and oxygen atoms in total.